The molecule has 1 aliphatic heterocycles. The Hall–Kier alpha value is 0.580. The fourth-order valence-electron chi connectivity index (χ4n) is 3.23. The SMILES string of the molecule is CCON1C(=O)[C@H]2[C@H](C1=O)[C@@]1(Cl)C(Cl)=C(Cl)[C@@]2(Cl)C1(Cl)Cl. The number of carbonyl (C=O) groups is 2. The number of amides is 2. The lowest BCUT2D eigenvalue weighted by atomic mass is 9.84. The Morgan fingerprint density at radius 3 is 1.71 bits per heavy atom. The normalized spacial score (nSPS) is 44.0. The van der Waals surface area contributed by atoms with E-state index in [9.17, 15) is 9.59 Å². The summed E-state index contributed by atoms with van der Waals surface area (Å²) in [6.07, 6.45) is 0. The van der Waals surface area contributed by atoms with E-state index in [-0.39, 0.29) is 16.7 Å². The van der Waals surface area contributed by atoms with Gasteiger partial charge in [-0.05, 0) is 6.92 Å². The van der Waals surface area contributed by atoms with Crippen molar-refractivity contribution in [2.45, 2.75) is 21.0 Å². The van der Waals surface area contributed by atoms with E-state index >= 15 is 0 Å². The summed E-state index contributed by atoms with van der Waals surface area (Å²) in [6, 6.07) is 0. The molecule has 4 nitrogen and oxygen atoms in total. The summed E-state index contributed by atoms with van der Waals surface area (Å²) in [5.41, 5.74) is 0. The molecule has 0 aromatic heterocycles. The minimum atomic E-state index is -1.91. The lowest BCUT2D eigenvalue weighted by Crippen LogP contribution is -2.50. The summed E-state index contributed by atoms with van der Waals surface area (Å²) in [5, 5.41) is 0.393. The van der Waals surface area contributed by atoms with Crippen LogP contribution < -0.4 is 0 Å². The quantitative estimate of drug-likeness (QED) is 0.515. The van der Waals surface area contributed by atoms with Crippen LogP contribution in [0.4, 0.5) is 0 Å². The molecular formula is C11H7Cl6NO3. The second-order valence-electron chi connectivity index (χ2n) is 4.97. The van der Waals surface area contributed by atoms with Crippen LogP contribution in [0.25, 0.3) is 0 Å². The van der Waals surface area contributed by atoms with Crippen LogP contribution in [0.2, 0.25) is 0 Å². The average molecular weight is 414 g/mol. The maximum atomic E-state index is 12.5. The summed E-state index contributed by atoms with van der Waals surface area (Å²) in [4.78, 5) is 26.4. The zero-order valence-corrected chi connectivity index (χ0v) is 14.8. The van der Waals surface area contributed by atoms with E-state index in [4.69, 9.17) is 74.4 Å². The number of rotatable bonds is 2. The molecule has 1 saturated heterocycles. The minimum Gasteiger partial charge on any atom is -0.272 e. The maximum absolute atomic E-state index is 12.5. The summed E-state index contributed by atoms with van der Waals surface area (Å²) >= 11 is 37.8. The topological polar surface area (TPSA) is 46.6 Å². The molecule has 1 saturated carbocycles. The Kier molecular flexibility index (Phi) is 3.57. The molecule has 4 atom stereocenters. The van der Waals surface area contributed by atoms with Crippen molar-refractivity contribution in [2.75, 3.05) is 6.61 Å². The fraction of sp³-hybridized carbons (Fsp3) is 0.636. The van der Waals surface area contributed by atoms with Crippen molar-refractivity contribution < 1.29 is 14.4 Å². The Morgan fingerprint density at radius 2 is 1.38 bits per heavy atom. The molecule has 116 valence electrons. The molecule has 0 spiro atoms. The third-order valence-electron chi connectivity index (χ3n) is 4.13. The van der Waals surface area contributed by atoms with Crippen molar-refractivity contribution in [2.24, 2.45) is 11.8 Å². The van der Waals surface area contributed by atoms with E-state index in [1.54, 1.807) is 6.92 Å². The molecule has 2 fully saturated rings. The standard InChI is InChI=1S/C11H7Cl6NO3/c1-2-21-18-7(19)3-4(8(18)20)10(15)6(13)5(12)9(3,14)11(10,16)17/h3-4H,2H2,1H3/t3-,4-,9-,10-/m1/s1. The van der Waals surface area contributed by atoms with E-state index < -0.39 is 37.7 Å². The van der Waals surface area contributed by atoms with Crippen molar-refractivity contribution in [3.63, 3.8) is 0 Å². The summed E-state index contributed by atoms with van der Waals surface area (Å²) in [7, 11) is 0. The van der Waals surface area contributed by atoms with Gasteiger partial charge in [0.05, 0.1) is 28.5 Å². The summed E-state index contributed by atoms with van der Waals surface area (Å²) < 4.78 is -1.91. The highest BCUT2D eigenvalue weighted by molar-refractivity contribution is 6.66. The van der Waals surface area contributed by atoms with Crippen LogP contribution in [0.15, 0.2) is 10.1 Å². The van der Waals surface area contributed by atoms with E-state index in [0.717, 1.165) is 0 Å². The molecule has 1 heterocycles. The van der Waals surface area contributed by atoms with Crippen LogP contribution in [0.3, 0.4) is 0 Å². The van der Waals surface area contributed by atoms with E-state index in [0.29, 0.717) is 5.06 Å². The van der Waals surface area contributed by atoms with Crippen LogP contribution in [0, 0.1) is 11.8 Å². The monoisotopic (exact) mass is 411 g/mol. The van der Waals surface area contributed by atoms with Gasteiger partial charge in [-0.2, -0.15) is 5.06 Å². The Morgan fingerprint density at radius 1 is 1.00 bits per heavy atom. The summed E-state index contributed by atoms with van der Waals surface area (Å²) in [6.45, 7) is 1.74. The smallest absolute Gasteiger partial charge is 0.259 e. The highest BCUT2D eigenvalue weighted by atomic mass is 35.5. The number of hydrogen-bond donors (Lipinski definition) is 0. The van der Waals surface area contributed by atoms with Crippen molar-refractivity contribution >= 4 is 81.4 Å². The van der Waals surface area contributed by atoms with Crippen molar-refractivity contribution in [1.82, 2.24) is 5.06 Å². The highest BCUT2D eigenvalue weighted by Gasteiger charge is 2.87. The molecule has 2 amide bonds. The molecule has 21 heavy (non-hydrogen) atoms. The van der Waals surface area contributed by atoms with Crippen LogP contribution in [-0.2, 0) is 14.4 Å². The van der Waals surface area contributed by atoms with Gasteiger partial charge in [0.25, 0.3) is 11.8 Å². The van der Waals surface area contributed by atoms with Crippen LogP contribution in [0.5, 0.6) is 0 Å². The average Bonchev–Trinajstić information content (AvgIpc) is 2.78. The number of fused-ring (bicyclic) bond motifs is 5. The van der Waals surface area contributed by atoms with Gasteiger partial charge in [-0.25, -0.2) is 0 Å². The molecule has 2 aliphatic carbocycles. The number of hydroxylamine groups is 2. The van der Waals surface area contributed by atoms with Crippen LogP contribution in [0.1, 0.15) is 6.92 Å². The molecule has 0 unspecified atom stereocenters. The molecule has 0 aromatic carbocycles. The third kappa shape index (κ3) is 1.47. The zero-order valence-electron chi connectivity index (χ0n) is 10.3. The zero-order chi connectivity index (χ0) is 16.0. The molecule has 3 rings (SSSR count). The predicted octanol–water partition coefficient (Wildman–Crippen LogP) is 3.38. The number of halogens is 6. The van der Waals surface area contributed by atoms with E-state index in [1.165, 1.54) is 0 Å². The number of carbonyl (C=O) groups excluding carboxylic acids is 2. The molecule has 2 bridgehead atoms. The number of alkyl halides is 4. The van der Waals surface area contributed by atoms with E-state index in [1.807, 2.05) is 0 Å². The molecule has 10 heteroatoms. The van der Waals surface area contributed by atoms with E-state index in [2.05, 4.69) is 0 Å². The molecule has 3 aliphatic rings. The second-order valence-corrected chi connectivity index (χ2v) is 8.25. The van der Waals surface area contributed by atoms with Gasteiger partial charge in [-0.15, -0.1) is 23.2 Å². The number of hydrogen-bond acceptors (Lipinski definition) is 3. The third-order valence-corrected chi connectivity index (χ3v) is 8.39. The first-order valence-electron chi connectivity index (χ1n) is 5.91. The Bertz CT molecular complexity index is 561. The minimum absolute atomic E-state index is 0.114. The van der Waals surface area contributed by atoms with Crippen LogP contribution >= 0.6 is 69.6 Å². The number of imide groups is 1. The van der Waals surface area contributed by atoms with Gasteiger partial charge >= 0.3 is 0 Å². The van der Waals surface area contributed by atoms with Crippen LogP contribution in [-0.4, -0.2) is 37.6 Å². The Labute approximate surface area is 150 Å². The van der Waals surface area contributed by atoms with Gasteiger partial charge in [-0.3, -0.25) is 14.4 Å². The number of nitrogens with zero attached hydrogens (tertiary/aromatic N) is 1. The van der Waals surface area contributed by atoms with Gasteiger partial charge in [0.1, 0.15) is 9.75 Å². The van der Waals surface area contributed by atoms with Crippen molar-refractivity contribution in [1.29, 1.82) is 0 Å². The number of allylic oxidation sites excluding steroid dienone is 2. The first-order valence-corrected chi connectivity index (χ1v) is 8.17. The van der Waals surface area contributed by atoms with Gasteiger partial charge in [0.2, 0.25) is 0 Å². The first-order chi connectivity index (χ1) is 9.58. The van der Waals surface area contributed by atoms with Crippen molar-refractivity contribution in [3.8, 4) is 0 Å². The summed E-state index contributed by atoms with van der Waals surface area (Å²) in [5.74, 6) is -3.64. The second kappa shape index (κ2) is 4.56. The molecule has 0 aromatic rings. The first kappa shape index (κ1) is 16.4. The molecule has 0 N–H and O–H groups in total. The van der Waals surface area contributed by atoms with Gasteiger partial charge in [0, 0.05) is 0 Å². The largest absolute Gasteiger partial charge is 0.272 e. The highest BCUT2D eigenvalue weighted by Crippen LogP contribution is 2.77. The van der Waals surface area contributed by atoms with Crippen molar-refractivity contribution in [3.05, 3.63) is 10.1 Å². The Balaban J connectivity index is 2.23. The lowest BCUT2D eigenvalue weighted by molar-refractivity contribution is -0.188. The molecular weight excluding hydrogens is 407 g/mol. The lowest BCUT2D eigenvalue weighted by Gasteiger charge is -2.34. The van der Waals surface area contributed by atoms with Gasteiger partial charge < -0.3 is 0 Å². The fourth-order valence-corrected chi connectivity index (χ4v) is 6.15. The van der Waals surface area contributed by atoms with Gasteiger partial charge in [-0.1, -0.05) is 46.4 Å². The van der Waals surface area contributed by atoms with Gasteiger partial charge in [0.15, 0.2) is 4.33 Å². The predicted molar refractivity (Wildman–Crippen MR) is 80.8 cm³/mol. The maximum Gasteiger partial charge on any atom is 0.259 e. The molecule has 0 radical (unpaired) electrons.